The fraction of sp³-hybridized carbons (Fsp3) is 0.417. The summed E-state index contributed by atoms with van der Waals surface area (Å²) in [5, 5.41) is 7.19. The summed E-state index contributed by atoms with van der Waals surface area (Å²) in [5.74, 6) is 0.289. The minimum atomic E-state index is -2.95. The van der Waals surface area contributed by atoms with Crippen LogP contribution in [0.3, 0.4) is 0 Å². The van der Waals surface area contributed by atoms with Crippen LogP contribution in [-0.2, 0) is 16.4 Å². The molecular weight excluding hydrogens is 456 g/mol. The van der Waals surface area contributed by atoms with Crippen molar-refractivity contribution in [1.29, 1.82) is 0 Å². The third-order valence-corrected chi connectivity index (χ3v) is 9.53. The number of nitrogens with zero attached hydrogens (tertiary/aromatic N) is 2. The minimum Gasteiger partial charge on any atom is -0.349 e. The number of nitrogens with one attached hydrogen (secondary N) is 2. The van der Waals surface area contributed by atoms with Crippen molar-refractivity contribution in [1.82, 2.24) is 10.2 Å². The molecular formula is C24H28N4O3S2. The van der Waals surface area contributed by atoms with Gasteiger partial charge in [0.1, 0.15) is 0 Å². The molecule has 2 saturated heterocycles. The van der Waals surface area contributed by atoms with Crippen LogP contribution in [0.1, 0.15) is 28.8 Å². The number of hydrogen-bond acceptors (Lipinski definition) is 7. The average molecular weight is 485 g/mol. The van der Waals surface area contributed by atoms with Crippen LogP contribution in [0.4, 0.5) is 5.69 Å². The normalized spacial score (nSPS) is 24.8. The molecule has 2 fully saturated rings. The van der Waals surface area contributed by atoms with Gasteiger partial charge in [0.2, 0.25) is 0 Å². The van der Waals surface area contributed by atoms with E-state index < -0.39 is 9.84 Å². The lowest BCUT2D eigenvalue weighted by molar-refractivity contribution is 0.0909. The Morgan fingerprint density at radius 1 is 1.03 bits per heavy atom. The van der Waals surface area contributed by atoms with Gasteiger partial charge in [-0.15, -0.1) is 0 Å². The van der Waals surface area contributed by atoms with Gasteiger partial charge in [0.15, 0.2) is 15.0 Å². The van der Waals surface area contributed by atoms with E-state index in [0.717, 1.165) is 43.3 Å². The van der Waals surface area contributed by atoms with Crippen molar-refractivity contribution in [2.75, 3.05) is 29.9 Å². The molecule has 0 aliphatic carbocycles. The van der Waals surface area contributed by atoms with Crippen LogP contribution in [0.2, 0.25) is 0 Å². The first-order valence-corrected chi connectivity index (χ1v) is 14.0. The molecule has 5 rings (SSSR count). The number of carbonyl (C=O) groups excluding carboxylic acids is 1. The van der Waals surface area contributed by atoms with Crippen molar-refractivity contribution < 1.29 is 13.2 Å². The molecule has 0 bridgehead atoms. The predicted octanol–water partition coefficient (Wildman–Crippen LogP) is 2.76. The number of amides is 1. The number of piperidine rings is 1. The summed E-state index contributed by atoms with van der Waals surface area (Å²) in [6.07, 6.45) is 1.90. The highest BCUT2D eigenvalue weighted by molar-refractivity contribution is 8.15. The Labute approximate surface area is 199 Å². The summed E-state index contributed by atoms with van der Waals surface area (Å²) in [6, 6.07) is 17.9. The molecule has 0 unspecified atom stereocenters. The van der Waals surface area contributed by atoms with E-state index in [1.807, 2.05) is 30.3 Å². The first-order valence-electron chi connectivity index (χ1n) is 11.3. The van der Waals surface area contributed by atoms with Gasteiger partial charge in [-0.1, -0.05) is 42.1 Å². The maximum atomic E-state index is 12.7. The van der Waals surface area contributed by atoms with Crippen molar-refractivity contribution in [2.45, 2.75) is 36.7 Å². The van der Waals surface area contributed by atoms with Gasteiger partial charge in [-0.2, -0.15) is 0 Å². The monoisotopic (exact) mass is 484 g/mol. The van der Waals surface area contributed by atoms with E-state index in [4.69, 9.17) is 0 Å². The number of amidine groups is 1. The summed E-state index contributed by atoms with van der Waals surface area (Å²) < 4.78 is 23.4. The molecule has 2 aromatic carbocycles. The number of aliphatic imine (C=N–C) groups is 1. The maximum absolute atomic E-state index is 12.7. The molecule has 3 heterocycles. The van der Waals surface area contributed by atoms with Crippen molar-refractivity contribution in [3.05, 3.63) is 65.7 Å². The lowest BCUT2D eigenvalue weighted by Gasteiger charge is -2.32. The second-order valence-corrected chi connectivity index (χ2v) is 12.3. The van der Waals surface area contributed by atoms with Gasteiger partial charge in [0.25, 0.3) is 5.91 Å². The highest BCUT2D eigenvalue weighted by atomic mass is 32.2. The third kappa shape index (κ3) is 5.59. The van der Waals surface area contributed by atoms with Crippen molar-refractivity contribution in [2.24, 2.45) is 4.99 Å². The largest absolute Gasteiger partial charge is 0.349 e. The van der Waals surface area contributed by atoms with Crippen LogP contribution in [0, 0.1) is 0 Å². The fourth-order valence-corrected chi connectivity index (χ4v) is 8.27. The summed E-state index contributed by atoms with van der Waals surface area (Å²) in [6.45, 7) is 2.91. The standard InChI is InChI=1S/C24H28N4O3S2/c29-23(25-20-10-12-28(13-11-20)14-17-4-2-1-3-5-17)18-6-8-19(9-7-18)26-24-27-21-15-33(30,31)16-22(21)32-24/h1-9,20-22H,10-16H2,(H,25,29)(H,26,27)/t21-,22+/m1/s1. The molecule has 9 heteroatoms. The molecule has 0 radical (unpaired) electrons. The Morgan fingerprint density at radius 3 is 2.45 bits per heavy atom. The Kier molecular flexibility index (Phi) is 6.44. The molecule has 7 nitrogen and oxygen atoms in total. The molecule has 0 aromatic heterocycles. The molecule has 1 amide bonds. The SMILES string of the molecule is O=C(NC1CCN(Cc2ccccc2)CC1)c1ccc(NC2=N[C@@H]3CS(=O)(=O)C[C@@H]3S2)cc1. The number of rotatable bonds is 5. The van der Waals surface area contributed by atoms with Gasteiger partial charge in [-0.3, -0.25) is 14.7 Å². The second kappa shape index (κ2) is 9.48. The van der Waals surface area contributed by atoms with Crippen molar-refractivity contribution >= 4 is 38.4 Å². The van der Waals surface area contributed by atoms with Crippen molar-refractivity contribution in [3.63, 3.8) is 0 Å². The lowest BCUT2D eigenvalue weighted by atomic mass is 10.0. The Bertz CT molecular complexity index is 1130. The zero-order chi connectivity index (χ0) is 22.8. The van der Waals surface area contributed by atoms with E-state index in [2.05, 4.69) is 44.8 Å². The molecule has 3 aliphatic rings. The number of benzene rings is 2. The van der Waals surface area contributed by atoms with Crippen molar-refractivity contribution in [3.8, 4) is 0 Å². The predicted molar refractivity (Wildman–Crippen MR) is 134 cm³/mol. The second-order valence-electron chi connectivity index (χ2n) is 8.95. The first-order chi connectivity index (χ1) is 15.9. The third-order valence-electron chi connectivity index (χ3n) is 6.39. The number of sulfone groups is 1. The topological polar surface area (TPSA) is 90.9 Å². The molecule has 2 aromatic rings. The van der Waals surface area contributed by atoms with E-state index in [1.165, 1.54) is 17.3 Å². The molecule has 3 aliphatic heterocycles. The zero-order valence-corrected chi connectivity index (χ0v) is 19.9. The van der Waals surface area contributed by atoms with Gasteiger partial charge in [-0.05, 0) is 42.7 Å². The number of hydrogen-bond donors (Lipinski definition) is 2. The first kappa shape index (κ1) is 22.4. The van der Waals surface area contributed by atoms with E-state index in [1.54, 1.807) is 0 Å². The minimum absolute atomic E-state index is 0.0154. The number of carbonyl (C=O) groups is 1. The van der Waals surface area contributed by atoms with Crippen LogP contribution in [0.15, 0.2) is 59.6 Å². The fourth-order valence-electron chi connectivity index (χ4n) is 4.59. The summed E-state index contributed by atoms with van der Waals surface area (Å²) >= 11 is 1.49. The van der Waals surface area contributed by atoms with E-state index in [0.29, 0.717) is 5.56 Å². The molecule has 2 N–H and O–H groups in total. The summed E-state index contributed by atoms with van der Waals surface area (Å²) in [7, 11) is -2.95. The molecule has 0 saturated carbocycles. The molecule has 0 spiro atoms. The van der Waals surface area contributed by atoms with Crippen LogP contribution in [0.5, 0.6) is 0 Å². The smallest absolute Gasteiger partial charge is 0.251 e. The number of fused-ring (bicyclic) bond motifs is 1. The van der Waals surface area contributed by atoms with E-state index in [-0.39, 0.29) is 34.7 Å². The quantitative estimate of drug-likeness (QED) is 0.678. The Morgan fingerprint density at radius 2 is 1.76 bits per heavy atom. The van der Waals surface area contributed by atoms with Gasteiger partial charge in [0, 0.05) is 42.2 Å². The average Bonchev–Trinajstić information content (AvgIpc) is 3.28. The lowest BCUT2D eigenvalue weighted by Crippen LogP contribution is -2.44. The van der Waals surface area contributed by atoms with Crippen LogP contribution < -0.4 is 10.6 Å². The van der Waals surface area contributed by atoms with Crippen LogP contribution >= 0.6 is 11.8 Å². The number of anilines is 1. The highest BCUT2D eigenvalue weighted by Gasteiger charge is 2.42. The summed E-state index contributed by atoms with van der Waals surface area (Å²) in [4.78, 5) is 19.7. The number of likely N-dealkylation sites (tertiary alicyclic amines) is 1. The molecule has 33 heavy (non-hydrogen) atoms. The Hall–Kier alpha value is -2.36. The summed E-state index contributed by atoms with van der Waals surface area (Å²) in [5.41, 5.74) is 2.80. The molecule has 174 valence electrons. The highest BCUT2D eigenvalue weighted by Crippen LogP contribution is 2.34. The Balaban J connectivity index is 1.09. The zero-order valence-electron chi connectivity index (χ0n) is 18.3. The van der Waals surface area contributed by atoms with Gasteiger partial charge in [-0.25, -0.2) is 8.42 Å². The van der Waals surface area contributed by atoms with Gasteiger partial charge in [0.05, 0.1) is 17.5 Å². The number of thioether (sulfide) groups is 1. The maximum Gasteiger partial charge on any atom is 0.251 e. The van der Waals surface area contributed by atoms with E-state index >= 15 is 0 Å². The van der Waals surface area contributed by atoms with Gasteiger partial charge >= 0.3 is 0 Å². The van der Waals surface area contributed by atoms with Gasteiger partial charge < -0.3 is 10.6 Å². The van der Waals surface area contributed by atoms with E-state index in [9.17, 15) is 13.2 Å². The van der Waals surface area contributed by atoms with Crippen LogP contribution in [-0.4, -0.2) is 66.3 Å². The molecule has 2 atom stereocenters. The van der Waals surface area contributed by atoms with Crippen LogP contribution in [0.25, 0.3) is 0 Å².